The maximum Gasteiger partial charge on any atom is 0.193 e. The predicted molar refractivity (Wildman–Crippen MR) is 106 cm³/mol. The Kier molecular flexibility index (Phi) is 9.77. The number of methoxy groups -OCH3 is 1. The molecule has 1 aromatic rings. The zero-order valence-electron chi connectivity index (χ0n) is 15.4. The van der Waals surface area contributed by atoms with Crippen LogP contribution in [0.2, 0.25) is 0 Å². The van der Waals surface area contributed by atoms with Crippen molar-refractivity contribution in [2.24, 2.45) is 10.9 Å². The number of likely N-dealkylation sites (tertiary alicyclic amines) is 1. The van der Waals surface area contributed by atoms with E-state index in [0.717, 1.165) is 50.9 Å². The molecule has 5 nitrogen and oxygen atoms in total. The average Bonchev–Trinajstić information content (AvgIpc) is 3.11. The number of rotatable bonds is 10. The first-order chi connectivity index (χ1) is 12.3. The Labute approximate surface area is 156 Å². The molecule has 0 spiro atoms. The summed E-state index contributed by atoms with van der Waals surface area (Å²) < 4.78 is 10.7. The minimum absolute atomic E-state index is 0.583. The van der Waals surface area contributed by atoms with Gasteiger partial charge in [0.05, 0.1) is 26.4 Å². The fourth-order valence-corrected chi connectivity index (χ4v) is 3.58. The highest BCUT2D eigenvalue weighted by Crippen LogP contribution is 2.18. The van der Waals surface area contributed by atoms with Gasteiger partial charge < -0.3 is 19.7 Å². The number of ether oxygens (including phenoxy) is 2. The number of guanidine groups is 1. The molecule has 1 unspecified atom stereocenters. The second kappa shape index (κ2) is 12.2. The SMILES string of the molecule is CCNC(=NCCSc1ccccc1)N1CCC(COCCOC)C1. The van der Waals surface area contributed by atoms with Crippen molar-refractivity contribution in [2.45, 2.75) is 18.2 Å². The predicted octanol–water partition coefficient (Wildman–Crippen LogP) is 2.73. The van der Waals surface area contributed by atoms with Gasteiger partial charge in [-0.05, 0) is 25.5 Å². The second-order valence-electron chi connectivity index (χ2n) is 6.07. The van der Waals surface area contributed by atoms with Gasteiger partial charge in [0, 0.05) is 43.3 Å². The third-order valence-corrected chi connectivity index (χ3v) is 5.06. The van der Waals surface area contributed by atoms with Crippen LogP contribution in [-0.2, 0) is 9.47 Å². The van der Waals surface area contributed by atoms with Gasteiger partial charge in [-0.2, -0.15) is 0 Å². The maximum atomic E-state index is 5.68. The van der Waals surface area contributed by atoms with Crippen LogP contribution in [0.15, 0.2) is 40.2 Å². The van der Waals surface area contributed by atoms with Crippen LogP contribution in [0.4, 0.5) is 0 Å². The van der Waals surface area contributed by atoms with E-state index in [1.54, 1.807) is 7.11 Å². The lowest BCUT2D eigenvalue weighted by molar-refractivity contribution is 0.0536. The molecule has 1 fully saturated rings. The minimum atomic E-state index is 0.583. The monoisotopic (exact) mass is 365 g/mol. The Morgan fingerprint density at radius 3 is 2.92 bits per heavy atom. The highest BCUT2D eigenvalue weighted by Gasteiger charge is 2.24. The molecule has 0 bridgehead atoms. The summed E-state index contributed by atoms with van der Waals surface area (Å²) in [6.45, 7) is 8.07. The van der Waals surface area contributed by atoms with E-state index in [1.165, 1.54) is 4.90 Å². The van der Waals surface area contributed by atoms with Crippen molar-refractivity contribution >= 4 is 17.7 Å². The van der Waals surface area contributed by atoms with E-state index in [4.69, 9.17) is 14.5 Å². The first-order valence-electron chi connectivity index (χ1n) is 9.11. The largest absolute Gasteiger partial charge is 0.382 e. The quantitative estimate of drug-likeness (QED) is 0.299. The molecular weight excluding hydrogens is 334 g/mol. The third kappa shape index (κ3) is 7.67. The molecule has 25 heavy (non-hydrogen) atoms. The van der Waals surface area contributed by atoms with E-state index < -0.39 is 0 Å². The molecule has 1 N–H and O–H groups in total. The first kappa shape index (κ1) is 20.1. The number of benzene rings is 1. The lowest BCUT2D eigenvalue weighted by Gasteiger charge is -2.21. The molecule has 1 atom stereocenters. The molecule has 6 heteroatoms. The Balaban J connectivity index is 1.73. The van der Waals surface area contributed by atoms with Gasteiger partial charge in [0.15, 0.2) is 5.96 Å². The van der Waals surface area contributed by atoms with Crippen molar-refractivity contribution in [1.29, 1.82) is 0 Å². The highest BCUT2D eigenvalue weighted by molar-refractivity contribution is 7.99. The van der Waals surface area contributed by atoms with Crippen LogP contribution >= 0.6 is 11.8 Å². The summed E-state index contributed by atoms with van der Waals surface area (Å²) in [6, 6.07) is 10.5. The summed E-state index contributed by atoms with van der Waals surface area (Å²) >= 11 is 1.85. The van der Waals surface area contributed by atoms with Gasteiger partial charge in [0.2, 0.25) is 0 Å². The zero-order chi connectivity index (χ0) is 17.7. The summed E-state index contributed by atoms with van der Waals surface area (Å²) in [5.74, 6) is 2.62. The van der Waals surface area contributed by atoms with E-state index in [0.29, 0.717) is 19.1 Å². The minimum Gasteiger partial charge on any atom is -0.382 e. The van der Waals surface area contributed by atoms with Crippen LogP contribution in [0, 0.1) is 5.92 Å². The van der Waals surface area contributed by atoms with Crippen molar-refractivity contribution in [3.05, 3.63) is 30.3 Å². The Morgan fingerprint density at radius 2 is 2.16 bits per heavy atom. The van der Waals surface area contributed by atoms with Gasteiger partial charge >= 0.3 is 0 Å². The zero-order valence-corrected chi connectivity index (χ0v) is 16.3. The fourth-order valence-electron chi connectivity index (χ4n) is 2.81. The van der Waals surface area contributed by atoms with Gasteiger partial charge in [-0.3, -0.25) is 4.99 Å². The van der Waals surface area contributed by atoms with Crippen molar-refractivity contribution in [3.63, 3.8) is 0 Å². The molecule has 0 aliphatic carbocycles. The van der Waals surface area contributed by atoms with Crippen molar-refractivity contribution in [1.82, 2.24) is 10.2 Å². The van der Waals surface area contributed by atoms with Crippen molar-refractivity contribution in [3.8, 4) is 0 Å². The molecule has 0 amide bonds. The lowest BCUT2D eigenvalue weighted by atomic mass is 10.1. The summed E-state index contributed by atoms with van der Waals surface area (Å²) in [5, 5.41) is 3.43. The van der Waals surface area contributed by atoms with E-state index in [2.05, 4.69) is 41.4 Å². The third-order valence-electron chi connectivity index (χ3n) is 4.07. The van der Waals surface area contributed by atoms with Gasteiger partial charge in [0.1, 0.15) is 0 Å². The number of nitrogens with zero attached hydrogens (tertiary/aromatic N) is 2. The number of nitrogens with one attached hydrogen (secondary N) is 1. The molecule has 0 radical (unpaired) electrons. The average molecular weight is 366 g/mol. The normalized spacial score (nSPS) is 17.9. The van der Waals surface area contributed by atoms with E-state index in [-0.39, 0.29) is 0 Å². The molecule has 140 valence electrons. The number of hydrogen-bond donors (Lipinski definition) is 1. The molecule has 2 rings (SSSR count). The Hall–Kier alpha value is -1.24. The molecule has 1 saturated heterocycles. The fraction of sp³-hybridized carbons (Fsp3) is 0.632. The molecule has 1 aromatic carbocycles. The number of hydrogen-bond acceptors (Lipinski definition) is 4. The summed E-state index contributed by atoms with van der Waals surface area (Å²) in [6.07, 6.45) is 1.16. The van der Waals surface area contributed by atoms with Crippen LogP contribution in [0.1, 0.15) is 13.3 Å². The molecular formula is C19H31N3O2S. The molecule has 1 aliphatic rings. The van der Waals surface area contributed by atoms with E-state index in [9.17, 15) is 0 Å². The van der Waals surface area contributed by atoms with Crippen molar-refractivity contribution in [2.75, 3.05) is 58.9 Å². The van der Waals surface area contributed by atoms with E-state index in [1.807, 2.05) is 17.8 Å². The van der Waals surface area contributed by atoms with Gasteiger partial charge in [-0.15, -0.1) is 11.8 Å². The Bertz CT molecular complexity index is 499. The summed E-state index contributed by atoms with van der Waals surface area (Å²) in [5.41, 5.74) is 0. The molecule has 0 aromatic heterocycles. The highest BCUT2D eigenvalue weighted by atomic mass is 32.2. The summed E-state index contributed by atoms with van der Waals surface area (Å²) in [7, 11) is 1.70. The Morgan fingerprint density at radius 1 is 1.32 bits per heavy atom. The second-order valence-corrected chi connectivity index (χ2v) is 7.23. The standard InChI is InChI=1S/C19H31N3O2S/c1-3-20-19(21-10-14-25-18-7-5-4-6-8-18)22-11-9-17(15-22)16-24-13-12-23-2/h4-8,17H,3,9-16H2,1-2H3,(H,20,21). The van der Waals surface area contributed by atoms with Crippen LogP contribution < -0.4 is 5.32 Å². The van der Waals surface area contributed by atoms with Crippen LogP contribution in [-0.4, -0.2) is 69.7 Å². The van der Waals surface area contributed by atoms with Crippen molar-refractivity contribution < 1.29 is 9.47 Å². The van der Waals surface area contributed by atoms with Gasteiger partial charge in [-0.25, -0.2) is 0 Å². The molecule has 1 heterocycles. The maximum absolute atomic E-state index is 5.68. The first-order valence-corrected chi connectivity index (χ1v) is 10.1. The number of aliphatic imine (C=N–C) groups is 1. The van der Waals surface area contributed by atoms with Crippen LogP contribution in [0.25, 0.3) is 0 Å². The van der Waals surface area contributed by atoms with E-state index >= 15 is 0 Å². The van der Waals surface area contributed by atoms with Crippen LogP contribution in [0.5, 0.6) is 0 Å². The topological polar surface area (TPSA) is 46.1 Å². The van der Waals surface area contributed by atoms with Gasteiger partial charge in [-0.1, -0.05) is 18.2 Å². The lowest BCUT2D eigenvalue weighted by Crippen LogP contribution is -2.40. The molecule has 0 saturated carbocycles. The smallest absolute Gasteiger partial charge is 0.193 e. The summed E-state index contributed by atoms with van der Waals surface area (Å²) in [4.78, 5) is 8.47. The van der Waals surface area contributed by atoms with Gasteiger partial charge in [0.25, 0.3) is 0 Å². The molecule has 1 aliphatic heterocycles. The number of thioether (sulfide) groups is 1. The van der Waals surface area contributed by atoms with Crippen LogP contribution in [0.3, 0.4) is 0 Å².